The van der Waals surface area contributed by atoms with Crippen LogP contribution in [0.15, 0.2) is 30.3 Å². The van der Waals surface area contributed by atoms with Crippen molar-refractivity contribution in [1.82, 2.24) is 15.3 Å². The topological polar surface area (TPSA) is 93.4 Å². The van der Waals surface area contributed by atoms with E-state index >= 15 is 0 Å². The SMILES string of the molecule is COc1ccc(C2CN(c3cc(C)nc(N)n3)CC2NC(C)=O)cc1. The molecule has 7 nitrogen and oxygen atoms in total. The summed E-state index contributed by atoms with van der Waals surface area (Å²) in [6.45, 7) is 4.85. The lowest BCUT2D eigenvalue weighted by molar-refractivity contribution is -0.119. The first-order chi connectivity index (χ1) is 12.0. The number of nitrogens with zero attached hydrogens (tertiary/aromatic N) is 3. The highest BCUT2D eigenvalue weighted by Crippen LogP contribution is 2.31. The van der Waals surface area contributed by atoms with Crippen molar-refractivity contribution < 1.29 is 9.53 Å². The Hall–Kier alpha value is -2.83. The third kappa shape index (κ3) is 3.81. The lowest BCUT2D eigenvalue weighted by Crippen LogP contribution is -2.38. The van der Waals surface area contributed by atoms with Gasteiger partial charge in [-0.25, -0.2) is 4.98 Å². The van der Waals surface area contributed by atoms with E-state index < -0.39 is 0 Å². The number of amides is 1. The Morgan fingerprint density at radius 3 is 2.60 bits per heavy atom. The summed E-state index contributed by atoms with van der Waals surface area (Å²) >= 11 is 0. The molecule has 1 saturated heterocycles. The first kappa shape index (κ1) is 17.0. The summed E-state index contributed by atoms with van der Waals surface area (Å²) in [4.78, 5) is 22.2. The molecular formula is C18H23N5O2. The molecular weight excluding hydrogens is 318 g/mol. The van der Waals surface area contributed by atoms with E-state index in [4.69, 9.17) is 10.5 Å². The lowest BCUT2D eigenvalue weighted by Gasteiger charge is -2.19. The zero-order valence-corrected chi connectivity index (χ0v) is 14.7. The molecule has 25 heavy (non-hydrogen) atoms. The van der Waals surface area contributed by atoms with Gasteiger partial charge < -0.3 is 20.7 Å². The van der Waals surface area contributed by atoms with E-state index in [0.717, 1.165) is 29.4 Å². The van der Waals surface area contributed by atoms with E-state index in [1.54, 1.807) is 14.0 Å². The molecule has 1 fully saturated rings. The molecule has 1 aliphatic heterocycles. The van der Waals surface area contributed by atoms with Crippen LogP contribution in [0.2, 0.25) is 0 Å². The minimum Gasteiger partial charge on any atom is -0.497 e. The van der Waals surface area contributed by atoms with Crippen LogP contribution in [0, 0.1) is 6.92 Å². The van der Waals surface area contributed by atoms with Crippen molar-refractivity contribution >= 4 is 17.7 Å². The normalized spacial score (nSPS) is 19.7. The molecule has 0 bridgehead atoms. The summed E-state index contributed by atoms with van der Waals surface area (Å²) in [5.74, 6) is 1.99. The van der Waals surface area contributed by atoms with Crippen molar-refractivity contribution in [2.45, 2.75) is 25.8 Å². The Bertz CT molecular complexity index is 742. The van der Waals surface area contributed by atoms with Gasteiger partial charge in [0.25, 0.3) is 0 Å². The predicted octanol–water partition coefficient (Wildman–Crippen LogP) is 1.48. The van der Waals surface area contributed by atoms with E-state index in [2.05, 4.69) is 20.2 Å². The van der Waals surface area contributed by atoms with Gasteiger partial charge in [-0.1, -0.05) is 12.1 Å². The van der Waals surface area contributed by atoms with Crippen LogP contribution in [0.5, 0.6) is 5.75 Å². The van der Waals surface area contributed by atoms with Gasteiger partial charge in [0.2, 0.25) is 11.9 Å². The standard InChI is InChI=1S/C18H23N5O2/c1-11-8-17(22-18(19)20-11)23-9-15(16(10-23)21-12(2)24)13-4-6-14(25-3)7-5-13/h4-8,15-16H,9-10H2,1-3H3,(H,21,24)(H2,19,20,22). The number of ether oxygens (including phenoxy) is 1. The van der Waals surface area contributed by atoms with E-state index in [1.807, 2.05) is 37.3 Å². The second-order valence-electron chi connectivity index (χ2n) is 6.32. The molecule has 7 heteroatoms. The Morgan fingerprint density at radius 1 is 1.28 bits per heavy atom. The zero-order chi connectivity index (χ0) is 18.0. The predicted molar refractivity (Wildman–Crippen MR) is 96.7 cm³/mol. The fraction of sp³-hybridized carbons (Fsp3) is 0.389. The van der Waals surface area contributed by atoms with Crippen LogP contribution in [0.25, 0.3) is 0 Å². The maximum absolute atomic E-state index is 11.6. The van der Waals surface area contributed by atoms with E-state index in [1.165, 1.54) is 0 Å². The molecule has 132 valence electrons. The fourth-order valence-electron chi connectivity index (χ4n) is 3.32. The molecule has 1 amide bonds. The van der Waals surface area contributed by atoms with Crippen molar-refractivity contribution in [1.29, 1.82) is 0 Å². The van der Waals surface area contributed by atoms with Gasteiger partial charge in [-0.2, -0.15) is 4.98 Å². The highest BCUT2D eigenvalue weighted by Gasteiger charge is 2.35. The van der Waals surface area contributed by atoms with Crippen LogP contribution < -0.4 is 20.7 Å². The summed E-state index contributed by atoms with van der Waals surface area (Å²) < 4.78 is 5.23. The van der Waals surface area contributed by atoms with Crippen LogP contribution in [0.3, 0.4) is 0 Å². The number of methoxy groups -OCH3 is 1. The van der Waals surface area contributed by atoms with E-state index in [-0.39, 0.29) is 23.8 Å². The summed E-state index contributed by atoms with van der Waals surface area (Å²) in [6, 6.07) is 9.88. The summed E-state index contributed by atoms with van der Waals surface area (Å²) in [6.07, 6.45) is 0. The molecule has 1 aliphatic rings. The number of nitrogens with two attached hydrogens (primary N) is 1. The van der Waals surface area contributed by atoms with Gasteiger partial charge >= 0.3 is 0 Å². The van der Waals surface area contributed by atoms with Gasteiger partial charge in [0, 0.05) is 37.7 Å². The van der Waals surface area contributed by atoms with Crippen molar-refractivity contribution in [3.63, 3.8) is 0 Å². The lowest BCUT2D eigenvalue weighted by atomic mass is 9.94. The average molecular weight is 341 g/mol. The van der Waals surface area contributed by atoms with E-state index in [9.17, 15) is 4.79 Å². The molecule has 2 unspecified atom stereocenters. The Morgan fingerprint density at radius 2 is 2.00 bits per heavy atom. The largest absolute Gasteiger partial charge is 0.497 e. The van der Waals surface area contributed by atoms with E-state index in [0.29, 0.717) is 6.54 Å². The molecule has 0 aliphatic carbocycles. The third-order valence-corrected chi connectivity index (χ3v) is 4.43. The zero-order valence-electron chi connectivity index (χ0n) is 14.7. The van der Waals surface area contributed by atoms with Crippen LogP contribution in [0.1, 0.15) is 24.1 Å². The second-order valence-corrected chi connectivity index (χ2v) is 6.32. The van der Waals surface area contributed by atoms with Crippen LogP contribution in [-0.4, -0.2) is 42.1 Å². The van der Waals surface area contributed by atoms with Gasteiger partial charge in [0.15, 0.2) is 0 Å². The number of hydrogen-bond acceptors (Lipinski definition) is 6. The van der Waals surface area contributed by atoms with Crippen LogP contribution in [0.4, 0.5) is 11.8 Å². The van der Waals surface area contributed by atoms with Crippen molar-refractivity contribution in [2.75, 3.05) is 30.8 Å². The minimum atomic E-state index is -0.0382. The van der Waals surface area contributed by atoms with Crippen molar-refractivity contribution in [3.8, 4) is 5.75 Å². The Labute approximate surface area is 147 Å². The van der Waals surface area contributed by atoms with Crippen molar-refractivity contribution in [2.24, 2.45) is 0 Å². The molecule has 2 heterocycles. The van der Waals surface area contributed by atoms with Gasteiger partial charge in [-0.15, -0.1) is 0 Å². The third-order valence-electron chi connectivity index (χ3n) is 4.43. The van der Waals surface area contributed by atoms with Gasteiger partial charge in [0.1, 0.15) is 11.6 Å². The molecule has 3 N–H and O–H groups in total. The number of hydrogen-bond donors (Lipinski definition) is 2. The molecule has 3 rings (SSSR count). The van der Waals surface area contributed by atoms with Crippen molar-refractivity contribution in [3.05, 3.63) is 41.6 Å². The molecule has 1 aromatic heterocycles. The first-order valence-corrected chi connectivity index (χ1v) is 8.23. The highest BCUT2D eigenvalue weighted by atomic mass is 16.5. The Kier molecular flexibility index (Phi) is 4.74. The van der Waals surface area contributed by atoms with Gasteiger partial charge in [0.05, 0.1) is 13.2 Å². The maximum atomic E-state index is 11.6. The van der Waals surface area contributed by atoms with Crippen LogP contribution in [-0.2, 0) is 4.79 Å². The maximum Gasteiger partial charge on any atom is 0.222 e. The quantitative estimate of drug-likeness (QED) is 0.875. The minimum absolute atomic E-state index is 0.00221. The number of anilines is 2. The first-order valence-electron chi connectivity index (χ1n) is 8.23. The summed E-state index contributed by atoms with van der Waals surface area (Å²) in [7, 11) is 1.65. The smallest absolute Gasteiger partial charge is 0.222 e. The van der Waals surface area contributed by atoms with Crippen LogP contribution >= 0.6 is 0 Å². The molecule has 2 atom stereocenters. The molecule has 0 spiro atoms. The Balaban J connectivity index is 1.88. The number of nitrogen functional groups attached to an aromatic ring is 1. The number of rotatable bonds is 4. The molecule has 2 aromatic rings. The second kappa shape index (κ2) is 6.96. The van der Waals surface area contributed by atoms with Gasteiger partial charge in [-0.05, 0) is 24.6 Å². The number of benzene rings is 1. The average Bonchev–Trinajstić information content (AvgIpc) is 2.97. The molecule has 0 saturated carbocycles. The van der Waals surface area contributed by atoms with Gasteiger partial charge in [-0.3, -0.25) is 4.79 Å². The monoisotopic (exact) mass is 341 g/mol. The summed E-state index contributed by atoms with van der Waals surface area (Å²) in [5.41, 5.74) is 7.77. The number of aromatic nitrogens is 2. The summed E-state index contributed by atoms with van der Waals surface area (Å²) in [5, 5.41) is 3.06. The fourth-order valence-corrected chi connectivity index (χ4v) is 3.32. The molecule has 0 radical (unpaired) electrons. The molecule has 1 aromatic carbocycles. The number of aryl methyl sites for hydroxylation is 1. The highest BCUT2D eigenvalue weighted by molar-refractivity contribution is 5.73. The number of carbonyl (C=O) groups excluding carboxylic acids is 1. The number of nitrogens with one attached hydrogen (secondary N) is 1. The number of carbonyl (C=O) groups is 1.